The van der Waals surface area contributed by atoms with Crippen molar-refractivity contribution in [2.75, 3.05) is 6.54 Å². The highest BCUT2D eigenvalue weighted by Gasteiger charge is 2.16. The molecule has 0 aliphatic rings. The molecule has 0 bridgehead atoms. The van der Waals surface area contributed by atoms with Crippen LogP contribution in [0, 0.1) is 5.82 Å². The van der Waals surface area contributed by atoms with Gasteiger partial charge in [-0.25, -0.2) is 4.39 Å². The van der Waals surface area contributed by atoms with E-state index in [1.54, 1.807) is 72.8 Å². The van der Waals surface area contributed by atoms with Gasteiger partial charge in [0.15, 0.2) is 0 Å². The predicted octanol–water partition coefficient (Wildman–Crippen LogP) is 4.55. The topological polar surface area (TPSA) is 72.6 Å². The molecule has 0 unspecified atom stereocenters. The van der Waals surface area contributed by atoms with Gasteiger partial charge < -0.3 is 15.4 Å². The summed E-state index contributed by atoms with van der Waals surface area (Å²) in [4.78, 5) is 25.5. The van der Waals surface area contributed by atoms with Crippen LogP contribution in [0.2, 0.25) is 0 Å². The fraction of sp³-hybridized carbons (Fsp3) is 0.0833. The van der Waals surface area contributed by atoms with Crippen molar-refractivity contribution in [2.45, 2.75) is 6.54 Å². The number of hydrogen-bond acceptors (Lipinski definition) is 3. The lowest BCUT2D eigenvalue weighted by atomic mass is 10.1. The van der Waals surface area contributed by atoms with Crippen LogP contribution in [-0.4, -0.2) is 23.3 Å². The summed E-state index contributed by atoms with van der Waals surface area (Å²) in [6.45, 7) is 4.11. The van der Waals surface area contributed by atoms with Crippen LogP contribution in [0.4, 0.5) is 4.39 Å². The van der Waals surface area contributed by atoms with Crippen LogP contribution in [0.5, 0.6) is 11.5 Å². The predicted molar refractivity (Wildman–Crippen MR) is 113 cm³/mol. The highest BCUT2D eigenvalue weighted by molar-refractivity contribution is 5.94. The summed E-state index contributed by atoms with van der Waals surface area (Å²) in [7, 11) is 0. The van der Waals surface area contributed by atoms with E-state index in [-0.39, 0.29) is 24.8 Å². The van der Waals surface area contributed by atoms with Gasteiger partial charge in [-0.05, 0) is 54.6 Å². The van der Waals surface area contributed by atoms with Gasteiger partial charge in [0.1, 0.15) is 17.3 Å². The van der Waals surface area contributed by atoms with Gasteiger partial charge in [-0.2, -0.15) is 0 Å². The van der Waals surface area contributed by atoms with Crippen LogP contribution >= 0.6 is 0 Å². The SMILES string of the molecule is C=CCN(Cc1ccccc1F)C(=O)c1ccc(Oc2ccc(C(N)=O)cc2)cc1. The Morgan fingerprint density at radius 1 is 0.933 bits per heavy atom. The fourth-order valence-electron chi connectivity index (χ4n) is 2.88. The Morgan fingerprint density at radius 3 is 2.03 bits per heavy atom. The Hall–Kier alpha value is -3.93. The first kappa shape index (κ1) is 20.8. The zero-order chi connectivity index (χ0) is 21.5. The lowest BCUT2D eigenvalue weighted by Crippen LogP contribution is -2.31. The number of primary amides is 1. The molecule has 0 heterocycles. The van der Waals surface area contributed by atoms with Crippen molar-refractivity contribution in [2.24, 2.45) is 5.73 Å². The second kappa shape index (κ2) is 9.52. The quantitative estimate of drug-likeness (QED) is 0.560. The van der Waals surface area contributed by atoms with E-state index in [0.717, 1.165) is 0 Å². The number of halogens is 1. The lowest BCUT2D eigenvalue weighted by molar-refractivity contribution is 0.0761. The molecular formula is C24H21FN2O3. The Morgan fingerprint density at radius 2 is 1.50 bits per heavy atom. The molecule has 30 heavy (non-hydrogen) atoms. The molecule has 2 N–H and O–H groups in total. The molecule has 3 aromatic rings. The number of benzene rings is 3. The van der Waals surface area contributed by atoms with E-state index in [4.69, 9.17) is 10.5 Å². The summed E-state index contributed by atoms with van der Waals surface area (Å²) in [5.74, 6) is -0.0421. The van der Waals surface area contributed by atoms with Crippen molar-refractivity contribution in [3.8, 4) is 11.5 Å². The number of rotatable bonds is 8. The molecule has 0 fully saturated rings. The van der Waals surface area contributed by atoms with Crippen molar-refractivity contribution >= 4 is 11.8 Å². The normalized spacial score (nSPS) is 10.3. The van der Waals surface area contributed by atoms with E-state index in [1.807, 2.05) is 0 Å². The Labute approximate surface area is 174 Å². The van der Waals surface area contributed by atoms with E-state index in [1.165, 1.54) is 11.0 Å². The second-order valence-electron chi connectivity index (χ2n) is 6.58. The largest absolute Gasteiger partial charge is 0.457 e. The van der Waals surface area contributed by atoms with E-state index >= 15 is 0 Å². The molecule has 152 valence electrons. The van der Waals surface area contributed by atoms with Gasteiger partial charge in [-0.15, -0.1) is 6.58 Å². The smallest absolute Gasteiger partial charge is 0.254 e. The van der Waals surface area contributed by atoms with Crippen molar-refractivity contribution in [1.29, 1.82) is 0 Å². The minimum Gasteiger partial charge on any atom is -0.457 e. The van der Waals surface area contributed by atoms with Gasteiger partial charge in [-0.3, -0.25) is 9.59 Å². The van der Waals surface area contributed by atoms with E-state index in [2.05, 4.69) is 6.58 Å². The number of amides is 2. The fourth-order valence-corrected chi connectivity index (χ4v) is 2.88. The molecule has 0 aliphatic heterocycles. The number of carbonyl (C=O) groups excluding carboxylic acids is 2. The summed E-state index contributed by atoms with van der Waals surface area (Å²) in [6, 6.07) is 19.4. The van der Waals surface area contributed by atoms with E-state index in [9.17, 15) is 14.0 Å². The highest BCUT2D eigenvalue weighted by Crippen LogP contribution is 2.23. The molecule has 0 radical (unpaired) electrons. The Kier molecular flexibility index (Phi) is 6.60. The van der Waals surface area contributed by atoms with Crippen LogP contribution < -0.4 is 10.5 Å². The molecule has 0 saturated carbocycles. The molecule has 6 heteroatoms. The average molecular weight is 404 g/mol. The Bertz CT molecular complexity index is 1050. The molecule has 3 aromatic carbocycles. The Balaban J connectivity index is 1.71. The van der Waals surface area contributed by atoms with Crippen LogP contribution in [0.15, 0.2) is 85.5 Å². The summed E-state index contributed by atoms with van der Waals surface area (Å²) < 4.78 is 19.7. The first-order chi connectivity index (χ1) is 14.5. The number of carbonyl (C=O) groups is 2. The van der Waals surface area contributed by atoms with Crippen LogP contribution in [0.25, 0.3) is 0 Å². The maximum absolute atomic E-state index is 14.0. The van der Waals surface area contributed by atoms with Gasteiger partial charge in [0, 0.05) is 29.8 Å². The first-order valence-electron chi connectivity index (χ1n) is 9.29. The maximum atomic E-state index is 14.0. The summed E-state index contributed by atoms with van der Waals surface area (Å²) in [6.07, 6.45) is 1.60. The third-order valence-corrected chi connectivity index (χ3v) is 4.43. The molecule has 0 aromatic heterocycles. The van der Waals surface area contributed by atoms with Gasteiger partial charge in [0.25, 0.3) is 5.91 Å². The molecule has 2 amide bonds. The van der Waals surface area contributed by atoms with Gasteiger partial charge in [0.05, 0.1) is 0 Å². The summed E-state index contributed by atoms with van der Waals surface area (Å²) in [5.41, 5.74) is 6.50. The number of hydrogen-bond donors (Lipinski definition) is 1. The molecular weight excluding hydrogens is 383 g/mol. The standard InChI is InChI=1S/C24H21FN2O3/c1-2-15-27(16-19-5-3-4-6-22(19)25)24(29)18-9-13-21(14-10-18)30-20-11-7-17(8-12-20)23(26)28/h2-14H,1,15-16H2,(H2,26,28). The van der Waals surface area contributed by atoms with Crippen molar-refractivity contribution in [1.82, 2.24) is 4.90 Å². The van der Waals surface area contributed by atoms with Gasteiger partial charge in [0.2, 0.25) is 5.91 Å². The molecule has 5 nitrogen and oxygen atoms in total. The first-order valence-corrected chi connectivity index (χ1v) is 9.29. The van der Waals surface area contributed by atoms with Gasteiger partial charge in [-0.1, -0.05) is 24.3 Å². The van der Waals surface area contributed by atoms with Crippen LogP contribution in [0.3, 0.4) is 0 Å². The summed E-state index contributed by atoms with van der Waals surface area (Å²) in [5, 5.41) is 0. The monoisotopic (exact) mass is 404 g/mol. The molecule has 0 spiro atoms. The minimum absolute atomic E-state index is 0.141. The van der Waals surface area contributed by atoms with Crippen LogP contribution in [0.1, 0.15) is 26.3 Å². The zero-order valence-electron chi connectivity index (χ0n) is 16.3. The third-order valence-electron chi connectivity index (χ3n) is 4.43. The van der Waals surface area contributed by atoms with Crippen LogP contribution in [-0.2, 0) is 6.54 Å². The van der Waals surface area contributed by atoms with E-state index in [0.29, 0.717) is 28.2 Å². The molecule has 0 saturated heterocycles. The zero-order valence-corrected chi connectivity index (χ0v) is 16.3. The number of nitrogens with two attached hydrogens (primary N) is 1. The average Bonchev–Trinajstić information content (AvgIpc) is 2.75. The second-order valence-corrected chi connectivity index (χ2v) is 6.58. The van der Waals surface area contributed by atoms with Gasteiger partial charge >= 0.3 is 0 Å². The number of nitrogens with zero attached hydrogens (tertiary/aromatic N) is 1. The van der Waals surface area contributed by atoms with Crippen molar-refractivity contribution < 1.29 is 18.7 Å². The number of ether oxygens (including phenoxy) is 1. The van der Waals surface area contributed by atoms with Crippen molar-refractivity contribution in [3.05, 3.63) is 108 Å². The summed E-state index contributed by atoms with van der Waals surface area (Å²) >= 11 is 0. The van der Waals surface area contributed by atoms with Crippen molar-refractivity contribution in [3.63, 3.8) is 0 Å². The third kappa shape index (κ3) is 5.11. The molecule has 0 atom stereocenters. The minimum atomic E-state index is -0.510. The molecule has 3 rings (SSSR count). The highest BCUT2D eigenvalue weighted by atomic mass is 19.1. The lowest BCUT2D eigenvalue weighted by Gasteiger charge is -2.22. The maximum Gasteiger partial charge on any atom is 0.254 e. The van der Waals surface area contributed by atoms with E-state index < -0.39 is 5.91 Å². The molecule has 0 aliphatic carbocycles.